The molecule has 0 saturated heterocycles. The number of nitrogens with zero attached hydrogens (tertiary/aromatic N) is 2. The van der Waals surface area contributed by atoms with Crippen LogP contribution in [0.15, 0.2) is 90.2 Å². The van der Waals surface area contributed by atoms with Gasteiger partial charge >= 0.3 is 0 Å². The first-order valence-electron chi connectivity index (χ1n) is 7.68. The van der Waals surface area contributed by atoms with Gasteiger partial charge in [-0.3, -0.25) is 9.97 Å². The predicted molar refractivity (Wildman–Crippen MR) is 101 cm³/mol. The van der Waals surface area contributed by atoms with Crippen molar-refractivity contribution in [3.8, 4) is 11.1 Å². The summed E-state index contributed by atoms with van der Waals surface area (Å²) in [4.78, 5) is 9.79. The fourth-order valence-corrected chi connectivity index (χ4v) is 3.30. The fraction of sp³-hybridized carbons (Fsp3) is 0. The van der Waals surface area contributed by atoms with Crippen molar-refractivity contribution in [1.29, 1.82) is 0 Å². The van der Waals surface area contributed by atoms with Crippen LogP contribution in [0.2, 0.25) is 0 Å². The van der Waals surface area contributed by atoms with Gasteiger partial charge in [-0.25, -0.2) is 0 Å². The molecule has 116 valence electrons. The lowest BCUT2D eigenvalue weighted by atomic mass is 10.00. The largest absolute Gasteiger partial charge is 0.324 e. The number of nitrogens with one attached hydrogen (secondary N) is 1. The van der Waals surface area contributed by atoms with Crippen LogP contribution in [0.25, 0.3) is 22.0 Å². The number of hydrogen-bond donors (Lipinski definition) is 1. The second-order valence-corrected chi connectivity index (χ2v) is 6.20. The number of rotatable bonds is 4. The Morgan fingerprint density at radius 1 is 0.792 bits per heavy atom. The van der Waals surface area contributed by atoms with E-state index in [1.807, 2.05) is 36.7 Å². The van der Waals surface area contributed by atoms with Gasteiger partial charge in [0.25, 0.3) is 0 Å². The molecule has 0 bridgehead atoms. The summed E-state index contributed by atoms with van der Waals surface area (Å²) in [5.74, 6) is 0. The average molecular weight is 329 g/mol. The number of aromatic nitrogens is 2. The number of fused-ring (bicyclic) bond motifs is 1. The van der Waals surface area contributed by atoms with Crippen molar-refractivity contribution < 1.29 is 0 Å². The van der Waals surface area contributed by atoms with E-state index in [9.17, 15) is 0 Å². The quantitative estimate of drug-likeness (QED) is 0.508. The topological polar surface area (TPSA) is 37.8 Å². The summed E-state index contributed by atoms with van der Waals surface area (Å²) in [5.41, 5.74) is 4.35. The Morgan fingerprint density at radius 2 is 1.67 bits per heavy atom. The summed E-state index contributed by atoms with van der Waals surface area (Å²) in [6.45, 7) is 0. The second kappa shape index (κ2) is 6.72. The van der Waals surface area contributed by atoms with E-state index in [1.165, 1.54) is 23.1 Å². The summed E-state index contributed by atoms with van der Waals surface area (Å²) in [7, 11) is 0. The molecule has 0 aliphatic rings. The first kappa shape index (κ1) is 14.7. The minimum Gasteiger partial charge on any atom is -0.324 e. The fourth-order valence-electron chi connectivity index (χ4n) is 2.65. The maximum atomic E-state index is 4.59. The number of benzene rings is 2. The minimum absolute atomic E-state index is 0.968. The standard InChI is InChI=1S/C20H15N3S/c1-2-6-15(7-3-1)17-10-11-19(20-18(17)9-5-13-22-20)23-24-16-8-4-12-21-14-16/h1-14,23H. The van der Waals surface area contributed by atoms with Gasteiger partial charge in [0.15, 0.2) is 0 Å². The van der Waals surface area contributed by atoms with Crippen molar-refractivity contribution in [3.63, 3.8) is 0 Å². The van der Waals surface area contributed by atoms with Crippen LogP contribution in [0.3, 0.4) is 0 Å². The normalized spacial score (nSPS) is 10.7. The highest BCUT2D eigenvalue weighted by molar-refractivity contribution is 8.00. The minimum atomic E-state index is 0.968. The van der Waals surface area contributed by atoms with Gasteiger partial charge in [-0.1, -0.05) is 42.5 Å². The molecule has 0 spiro atoms. The van der Waals surface area contributed by atoms with Gasteiger partial charge in [-0.2, -0.15) is 0 Å². The lowest BCUT2D eigenvalue weighted by Gasteiger charge is -2.12. The van der Waals surface area contributed by atoms with E-state index < -0.39 is 0 Å². The zero-order valence-corrected chi connectivity index (χ0v) is 13.7. The van der Waals surface area contributed by atoms with Crippen LogP contribution in [0.1, 0.15) is 0 Å². The third kappa shape index (κ3) is 2.96. The molecule has 0 atom stereocenters. The highest BCUT2D eigenvalue weighted by atomic mass is 32.2. The molecule has 0 amide bonds. The lowest BCUT2D eigenvalue weighted by molar-refractivity contribution is 1.24. The van der Waals surface area contributed by atoms with Crippen molar-refractivity contribution in [2.24, 2.45) is 0 Å². The van der Waals surface area contributed by atoms with E-state index in [1.54, 1.807) is 6.20 Å². The smallest absolute Gasteiger partial charge is 0.0947 e. The van der Waals surface area contributed by atoms with Crippen molar-refractivity contribution >= 4 is 28.5 Å². The number of anilines is 1. The van der Waals surface area contributed by atoms with Crippen LogP contribution in [-0.2, 0) is 0 Å². The second-order valence-electron chi connectivity index (χ2n) is 5.32. The molecule has 4 rings (SSSR count). The molecule has 2 aromatic heterocycles. The molecule has 0 radical (unpaired) electrons. The van der Waals surface area contributed by atoms with Gasteiger partial charge in [0.2, 0.25) is 0 Å². The van der Waals surface area contributed by atoms with Crippen LogP contribution in [0.5, 0.6) is 0 Å². The van der Waals surface area contributed by atoms with E-state index in [2.05, 4.69) is 57.2 Å². The van der Waals surface area contributed by atoms with Gasteiger partial charge in [0.05, 0.1) is 11.2 Å². The molecular formula is C20H15N3S. The molecule has 3 nitrogen and oxygen atoms in total. The zero-order chi connectivity index (χ0) is 16.2. The van der Waals surface area contributed by atoms with Gasteiger partial charge in [-0.05, 0) is 47.3 Å². The molecule has 0 fully saturated rings. The Balaban J connectivity index is 1.73. The first-order valence-corrected chi connectivity index (χ1v) is 8.49. The Morgan fingerprint density at radius 3 is 2.50 bits per heavy atom. The van der Waals surface area contributed by atoms with E-state index >= 15 is 0 Å². The van der Waals surface area contributed by atoms with E-state index in [0.29, 0.717) is 0 Å². The molecule has 0 saturated carbocycles. The third-order valence-corrected chi connectivity index (χ3v) is 4.57. The number of hydrogen-bond acceptors (Lipinski definition) is 4. The molecule has 4 aromatic rings. The first-order chi connectivity index (χ1) is 11.9. The lowest BCUT2D eigenvalue weighted by Crippen LogP contribution is -1.92. The molecular weight excluding hydrogens is 314 g/mol. The summed E-state index contributed by atoms with van der Waals surface area (Å²) in [6.07, 6.45) is 5.44. The van der Waals surface area contributed by atoms with Crippen LogP contribution in [0.4, 0.5) is 5.69 Å². The van der Waals surface area contributed by atoms with Crippen molar-refractivity contribution in [2.45, 2.75) is 4.90 Å². The number of pyridine rings is 2. The van der Waals surface area contributed by atoms with Gasteiger partial charge in [-0.15, -0.1) is 0 Å². The molecule has 2 heterocycles. The van der Waals surface area contributed by atoms with E-state index in [-0.39, 0.29) is 0 Å². The Kier molecular flexibility index (Phi) is 4.13. The van der Waals surface area contributed by atoms with E-state index in [4.69, 9.17) is 0 Å². The maximum absolute atomic E-state index is 4.59. The van der Waals surface area contributed by atoms with Crippen molar-refractivity contribution in [2.75, 3.05) is 4.72 Å². The summed E-state index contributed by atoms with van der Waals surface area (Å²) in [6, 6.07) is 22.7. The zero-order valence-electron chi connectivity index (χ0n) is 12.9. The average Bonchev–Trinajstić information content (AvgIpc) is 2.67. The molecule has 2 aromatic carbocycles. The van der Waals surface area contributed by atoms with Crippen molar-refractivity contribution in [3.05, 3.63) is 85.3 Å². The summed E-state index contributed by atoms with van der Waals surface area (Å²) < 4.78 is 3.40. The van der Waals surface area contributed by atoms with Crippen LogP contribution < -0.4 is 4.72 Å². The summed E-state index contributed by atoms with van der Waals surface area (Å²) in [5, 5.41) is 1.14. The van der Waals surface area contributed by atoms with Gasteiger partial charge in [0, 0.05) is 28.9 Å². The highest BCUT2D eigenvalue weighted by Gasteiger charge is 2.08. The monoisotopic (exact) mass is 329 g/mol. The molecule has 0 unspecified atom stereocenters. The highest BCUT2D eigenvalue weighted by Crippen LogP contribution is 2.33. The Hall–Kier alpha value is -2.85. The SMILES string of the molecule is c1ccc(-c2ccc(NSc3cccnc3)c3ncccc23)cc1. The Labute approximate surface area is 144 Å². The third-order valence-electron chi connectivity index (χ3n) is 3.77. The van der Waals surface area contributed by atoms with Crippen LogP contribution in [-0.4, -0.2) is 9.97 Å². The molecule has 24 heavy (non-hydrogen) atoms. The molecule has 0 aliphatic carbocycles. The summed E-state index contributed by atoms with van der Waals surface area (Å²) >= 11 is 1.54. The van der Waals surface area contributed by atoms with Crippen LogP contribution in [0, 0.1) is 0 Å². The maximum Gasteiger partial charge on any atom is 0.0947 e. The Bertz CT molecular complexity index is 956. The van der Waals surface area contributed by atoms with Crippen molar-refractivity contribution in [1.82, 2.24) is 9.97 Å². The van der Waals surface area contributed by atoms with Gasteiger partial charge < -0.3 is 4.72 Å². The molecule has 1 N–H and O–H groups in total. The van der Waals surface area contributed by atoms with Crippen LogP contribution >= 0.6 is 11.9 Å². The molecule has 0 aliphatic heterocycles. The molecule has 4 heteroatoms. The van der Waals surface area contributed by atoms with E-state index in [0.717, 1.165) is 21.5 Å². The predicted octanol–water partition coefficient (Wildman–Crippen LogP) is 5.42. The van der Waals surface area contributed by atoms with Gasteiger partial charge in [0.1, 0.15) is 0 Å².